The van der Waals surface area contributed by atoms with Crippen molar-refractivity contribution >= 4 is 5.82 Å². The Morgan fingerprint density at radius 3 is 2.70 bits per heavy atom. The number of rotatable bonds is 2. The van der Waals surface area contributed by atoms with Crippen LogP contribution in [0.15, 0.2) is 0 Å². The lowest BCUT2D eigenvalue weighted by Crippen LogP contribution is -2.32. The lowest BCUT2D eigenvalue weighted by molar-refractivity contribution is 0.664. The second-order valence-electron chi connectivity index (χ2n) is 6.59. The summed E-state index contributed by atoms with van der Waals surface area (Å²) >= 11 is 0. The average molecular weight is 308 g/mol. The lowest BCUT2D eigenvalue weighted by atomic mass is 10.1. The van der Waals surface area contributed by atoms with Gasteiger partial charge in [0.15, 0.2) is 5.82 Å². The summed E-state index contributed by atoms with van der Waals surface area (Å²) in [5, 5.41) is 18.0. The van der Waals surface area contributed by atoms with Gasteiger partial charge in [-0.15, -0.1) is 5.10 Å². The Morgan fingerprint density at radius 2 is 2.00 bits per heavy atom. The molecule has 2 aliphatic rings. The van der Waals surface area contributed by atoms with E-state index in [-0.39, 0.29) is 0 Å². The molecule has 1 saturated carbocycles. The molecule has 1 aliphatic heterocycles. The summed E-state index contributed by atoms with van der Waals surface area (Å²) in [5.41, 5.74) is 4.84. The summed E-state index contributed by atoms with van der Waals surface area (Å²) < 4.78 is 2.28. The molecule has 0 bridgehead atoms. The summed E-state index contributed by atoms with van der Waals surface area (Å²) in [6.07, 6.45) is 3.45. The predicted octanol–water partition coefficient (Wildman–Crippen LogP) is 2.14. The van der Waals surface area contributed by atoms with E-state index in [4.69, 9.17) is 4.98 Å². The third-order valence-corrected chi connectivity index (χ3v) is 5.08. The summed E-state index contributed by atoms with van der Waals surface area (Å²) in [7, 11) is 2.13. The first-order valence-electron chi connectivity index (χ1n) is 8.13. The van der Waals surface area contributed by atoms with Crippen molar-refractivity contribution in [2.24, 2.45) is 7.05 Å². The summed E-state index contributed by atoms with van der Waals surface area (Å²) in [6, 6.07) is 2.30. The molecule has 6 nitrogen and oxygen atoms in total. The van der Waals surface area contributed by atoms with Gasteiger partial charge in [0.05, 0.1) is 17.9 Å². The van der Waals surface area contributed by atoms with E-state index in [1.54, 1.807) is 0 Å². The average Bonchev–Trinajstić information content (AvgIpc) is 3.34. The van der Waals surface area contributed by atoms with Crippen LogP contribution in [0.2, 0.25) is 0 Å². The molecular formula is C17H20N6. The Morgan fingerprint density at radius 1 is 1.22 bits per heavy atom. The fourth-order valence-corrected chi connectivity index (χ4v) is 3.39. The van der Waals surface area contributed by atoms with Crippen molar-refractivity contribution in [1.29, 1.82) is 5.26 Å². The van der Waals surface area contributed by atoms with E-state index >= 15 is 0 Å². The number of imidazole rings is 1. The van der Waals surface area contributed by atoms with Gasteiger partial charge in [-0.3, -0.25) is 0 Å². The maximum Gasteiger partial charge on any atom is 0.169 e. The molecule has 23 heavy (non-hydrogen) atoms. The van der Waals surface area contributed by atoms with E-state index in [1.807, 2.05) is 13.8 Å². The summed E-state index contributed by atoms with van der Waals surface area (Å²) in [4.78, 5) is 7.02. The highest BCUT2D eigenvalue weighted by molar-refractivity contribution is 5.58. The maximum absolute atomic E-state index is 9.51. The van der Waals surface area contributed by atoms with Crippen molar-refractivity contribution in [1.82, 2.24) is 19.7 Å². The highest BCUT2D eigenvalue weighted by atomic mass is 15.3. The molecular weight excluding hydrogens is 288 g/mol. The fourth-order valence-electron chi connectivity index (χ4n) is 3.39. The van der Waals surface area contributed by atoms with E-state index < -0.39 is 0 Å². The minimum Gasteiger partial charge on any atom is -0.348 e. The first-order chi connectivity index (χ1) is 11.1. The van der Waals surface area contributed by atoms with Crippen molar-refractivity contribution in [3.63, 3.8) is 0 Å². The second-order valence-corrected chi connectivity index (χ2v) is 6.59. The van der Waals surface area contributed by atoms with Crippen LogP contribution in [0, 0.1) is 25.2 Å². The molecule has 3 heterocycles. The minimum absolute atomic E-state index is 0.638. The molecule has 2 aromatic rings. The number of anilines is 1. The van der Waals surface area contributed by atoms with Crippen LogP contribution in [0.3, 0.4) is 0 Å². The van der Waals surface area contributed by atoms with Gasteiger partial charge < -0.3 is 9.47 Å². The molecule has 0 unspecified atom stereocenters. The molecule has 1 fully saturated rings. The number of aromatic nitrogens is 4. The number of fused-ring (bicyclic) bond motifs is 1. The minimum atomic E-state index is 0.638. The quantitative estimate of drug-likeness (QED) is 0.850. The molecule has 0 radical (unpaired) electrons. The second kappa shape index (κ2) is 5.05. The normalized spacial score (nSPS) is 17.0. The van der Waals surface area contributed by atoms with Crippen LogP contribution in [-0.2, 0) is 20.0 Å². The van der Waals surface area contributed by atoms with Gasteiger partial charge in [0.25, 0.3) is 0 Å². The van der Waals surface area contributed by atoms with E-state index in [2.05, 4.69) is 32.8 Å². The largest absolute Gasteiger partial charge is 0.348 e. The molecule has 6 heteroatoms. The molecule has 0 atom stereocenters. The van der Waals surface area contributed by atoms with Gasteiger partial charge in [-0.2, -0.15) is 10.4 Å². The number of nitrogens with zero attached hydrogens (tertiary/aromatic N) is 6. The number of hydrogen-bond donors (Lipinski definition) is 0. The molecule has 4 rings (SSSR count). The van der Waals surface area contributed by atoms with Gasteiger partial charge in [-0.05, 0) is 32.3 Å². The molecule has 0 N–H and O–H groups in total. The van der Waals surface area contributed by atoms with E-state index in [1.165, 1.54) is 24.4 Å². The zero-order chi connectivity index (χ0) is 16.1. The number of aryl methyl sites for hydroxylation is 1. The summed E-state index contributed by atoms with van der Waals surface area (Å²) in [6.45, 7) is 5.39. The van der Waals surface area contributed by atoms with Crippen LogP contribution in [0.25, 0.3) is 0 Å². The molecule has 1 aliphatic carbocycles. The predicted molar refractivity (Wildman–Crippen MR) is 86.2 cm³/mol. The standard InChI is InChI=1S/C17H20N6/c1-10-11(2)20-21-17(13(10)8-18)23-7-6-15-14(9-23)19-16(22(15)3)12-4-5-12/h12H,4-7,9H2,1-3H3. The zero-order valence-electron chi connectivity index (χ0n) is 13.8. The Labute approximate surface area is 135 Å². The van der Waals surface area contributed by atoms with Crippen LogP contribution in [-0.4, -0.2) is 26.3 Å². The SMILES string of the molecule is Cc1nnc(N2CCc3c(nc(C4CC4)n3C)C2)c(C#N)c1C. The van der Waals surface area contributed by atoms with Gasteiger partial charge >= 0.3 is 0 Å². The van der Waals surface area contributed by atoms with E-state index in [0.29, 0.717) is 23.8 Å². The van der Waals surface area contributed by atoms with Crippen molar-refractivity contribution in [2.75, 3.05) is 11.4 Å². The fraction of sp³-hybridized carbons (Fsp3) is 0.529. The molecule has 0 spiro atoms. The molecule has 0 saturated heterocycles. The van der Waals surface area contributed by atoms with E-state index in [9.17, 15) is 5.26 Å². The Balaban J connectivity index is 1.70. The highest BCUT2D eigenvalue weighted by Crippen LogP contribution is 2.40. The molecule has 118 valence electrons. The highest BCUT2D eigenvalue weighted by Gasteiger charge is 2.32. The van der Waals surface area contributed by atoms with Gasteiger partial charge in [-0.25, -0.2) is 4.98 Å². The number of hydrogen-bond acceptors (Lipinski definition) is 5. The van der Waals surface area contributed by atoms with Gasteiger partial charge in [0.2, 0.25) is 0 Å². The Bertz CT molecular complexity index is 825. The molecule has 0 aromatic carbocycles. The van der Waals surface area contributed by atoms with E-state index in [0.717, 1.165) is 29.9 Å². The third-order valence-electron chi connectivity index (χ3n) is 5.08. The van der Waals surface area contributed by atoms with Crippen LogP contribution in [0.4, 0.5) is 5.82 Å². The third kappa shape index (κ3) is 2.19. The van der Waals surface area contributed by atoms with Crippen molar-refractivity contribution in [3.05, 3.63) is 34.0 Å². The van der Waals surface area contributed by atoms with Crippen molar-refractivity contribution in [2.45, 2.75) is 45.6 Å². The molecule has 0 amide bonds. The monoisotopic (exact) mass is 308 g/mol. The summed E-state index contributed by atoms with van der Waals surface area (Å²) in [5.74, 6) is 2.57. The van der Waals surface area contributed by atoms with Crippen LogP contribution in [0.1, 0.15) is 52.8 Å². The van der Waals surface area contributed by atoms with Gasteiger partial charge in [0.1, 0.15) is 17.5 Å². The topological polar surface area (TPSA) is 70.6 Å². The van der Waals surface area contributed by atoms with Gasteiger partial charge in [0, 0.05) is 31.6 Å². The lowest BCUT2D eigenvalue weighted by Gasteiger charge is -2.28. The van der Waals surface area contributed by atoms with Crippen LogP contribution in [0.5, 0.6) is 0 Å². The first kappa shape index (κ1) is 14.2. The van der Waals surface area contributed by atoms with Crippen molar-refractivity contribution in [3.8, 4) is 6.07 Å². The van der Waals surface area contributed by atoms with Gasteiger partial charge in [-0.1, -0.05) is 0 Å². The first-order valence-corrected chi connectivity index (χ1v) is 8.13. The van der Waals surface area contributed by atoms with Crippen molar-refractivity contribution < 1.29 is 0 Å². The van der Waals surface area contributed by atoms with Crippen LogP contribution >= 0.6 is 0 Å². The molecule has 2 aromatic heterocycles. The van der Waals surface area contributed by atoms with Crippen LogP contribution < -0.4 is 4.90 Å². The Kier molecular flexibility index (Phi) is 3.12. The smallest absolute Gasteiger partial charge is 0.169 e. The maximum atomic E-state index is 9.51. The zero-order valence-corrected chi connectivity index (χ0v) is 13.8. The number of nitriles is 1. The Hall–Kier alpha value is -2.42.